The van der Waals surface area contributed by atoms with Gasteiger partial charge in [0.05, 0.1) is 17.9 Å². The van der Waals surface area contributed by atoms with Crippen LogP contribution in [0.1, 0.15) is 46.5 Å². The molecule has 2 aromatic carbocycles. The first-order valence-electron chi connectivity index (χ1n) is 11.4. The van der Waals surface area contributed by atoms with Gasteiger partial charge in [-0.05, 0) is 63.8 Å². The summed E-state index contributed by atoms with van der Waals surface area (Å²) in [4.78, 5) is 12.6. The fraction of sp³-hybridized carbons (Fsp3) is 0.458. The number of hydrogen-bond acceptors (Lipinski definition) is 6. The third-order valence-electron chi connectivity index (χ3n) is 5.64. The van der Waals surface area contributed by atoms with Crippen molar-refractivity contribution in [3.63, 3.8) is 0 Å². The quantitative estimate of drug-likeness (QED) is 0.410. The number of halogens is 1. The van der Waals surface area contributed by atoms with E-state index >= 15 is 0 Å². The van der Waals surface area contributed by atoms with Gasteiger partial charge in [-0.3, -0.25) is 9.52 Å². The van der Waals surface area contributed by atoms with Crippen molar-refractivity contribution in [2.24, 2.45) is 5.92 Å². The average Bonchev–Trinajstić information content (AvgIpc) is 2.72. The molecule has 1 aliphatic carbocycles. The molecule has 0 radical (unpaired) electrons. The Hall–Kier alpha value is -2.42. The SMILES string of the molecule is CCOc1cc(NC(=O)C2CCC(C)(O)CC2)ccc1S(=O)(=O)Nc1cccc(OC(C)(F)P)c1. The van der Waals surface area contributed by atoms with Crippen molar-refractivity contribution in [3.05, 3.63) is 42.5 Å². The first-order valence-corrected chi connectivity index (χ1v) is 13.4. The van der Waals surface area contributed by atoms with Crippen molar-refractivity contribution >= 4 is 36.5 Å². The molecule has 1 aliphatic rings. The second-order valence-electron chi connectivity index (χ2n) is 9.08. The number of carbonyl (C=O) groups is 1. The summed E-state index contributed by atoms with van der Waals surface area (Å²) in [6.07, 6.45) is 2.25. The van der Waals surface area contributed by atoms with Crippen LogP contribution in [-0.4, -0.2) is 37.2 Å². The number of anilines is 2. The molecule has 192 valence electrons. The van der Waals surface area contributed by atoms with E-state index in [1.807, 2.05) is 9.24 Å². The molecule has 8 nitrogen and oxygen atoms in total. The number of hydrogen-bond donors (Lipinski definition) is 3. The van der Waals surface area contributed by atoms with E-state index in [0.717, 1.165) is 0 Å². The molecule has 0 heterocycles. The van der Waals surface area contributed by atoms with Gasteiger partial charge < -0.3 is 19.9 Å². The first kappa shape index (κ1) is 27.2. The fourth-order valence-electron chi connectivity index (χ4n) is 3.89. The van der Waals surface area contributed by atoms with E-state index in [1.165, 1.54) is 49.4 Å². The standard InChI is InChI=1S/C24H32FN2O6PS/c1-4-32-20-15-17(26-22(28)16-10-12-23(2,29)13-11-16)8-9-21(20)35(30,31)27-18-6-5-7-19(14-18)33-24(3,25)34/h5-9,14-16,27,29H,4,10-13,34H2,1-3H3,(H,26,28). The minimum atomic E-state index is -4.08. The molecule has 1 fully saturated rings. The highest BCUT2D eigenvalue weighted by atomic mass is 32.2. The van der Waals surface area contributed by atoms with Crippen LogP contribution in [0.25, 0.3) is 0 Å². The zero-order valence-corrected chi connectivity index (χ0v) is 22.0. The molecular formula is C24H32FN2O6PS. The van der Waals surface area contributed by atoms with Crippen molar-refractivity contribution < 1.29 is 32.2 Å². The molecule has 2 atom stereocenters. The van der Waals surface area contributed by atoms with E-state index < -0.39 is 21.2 Å². The fourth-order valence-corrected chi connectivity index (χ4v) is 5.20. The van der Waals surface area contributed by atoms with Crippen LogP contribution in [0.3, 0.4) is 0 Å². The van der Waals surface area contributed by atoms with Crippen molar-refractivity contribution in [2.75, 3.05) is 16.6 Å². The van der Waals surface area contributed by atoms with E-state index in [-0.39, 0.29) is 40.5 Å². The Kier molecular flexibility index (Phi) is 8.29. The maximum Gasteiger partial charge on any atom is 0.265 e. The molecule has 0 saturated heterocycles. The monoisotopic (exact) mass is 526 g/mol. The van der Waals surface area contributed by atoms with E-state index in [2.05, 4.69) is 10.0 Å². The van der Waals surface area contributed by atoms with E-state index in [4.69, 9.17) is 9.47 Å². The lowest BCUT2D eigenvalue weighted by Crippen LogP contribution is -2.35. The van der Waals surface area contributed by atoms with Crippen LogP contribution in [0.5, 0.6) is 11.5 Å². The number of ether oxygens (including phenoxy) is 2. The number of aliphatic hydroxyl groups is 1. The summed E-state index contributed by atoms with van der Waals surface area (Å²) in [5.74, 6) is -0.170. The molecule has 1 amide bonds. The Labute approximate surface area is 207 Å². The maximum absolute atomic E-state index is 13.8. The van der Waals surface area contributed by atoms with Gasteiger partial charge in [-0.1, -0.05) is 15.3 Å². The van der Waals surface area contributed by atoms with E-state index in [9.17, 15) is 22.7 Å². The van der Waals surface area contributed by atoms with Crippen LogP contribution in [0.2, 0.25) is 0 Å². The van der Waals surface area contributed by atoms with Gasteiger partial charge in [0, 0.05) is 30.7 Å². The molecule has 1 saturated carbocycles. The second-order valence-corrected chi connectivity index (χ2v) is 11.8. The number of nitrogens with one attached hydrogen (secondary N) is 2. The summed E-state index contributed by atoms with van der Waals surface area (Å²) in [5, 5.41) is 12.9. The molecule has 0 aromatic heterocycles. The van der Waals surface area contributed by atoms with Gasteiger partial charge in [0.1, 0.15) is 16.4 Å². The number of alkyl halides is 1. The molecule has 2 aromatic rings. The third-order valence-corrected chi connectivity index (χ3v) is 7.18. The highest BCUT2D eigenvalue weighted by Crippen LogP contribution is 2.34. The molecule has 3 rings (SSSR count). The van der Waals surface area contributed by atoms with Gasteiger partial charge in [0.2, 0.25) is 5.91 Å². The highest BCUT2D eigenvalue weighted by Gasteiger charge is 2.32. The Morgan fingerprint density at radius 2 is 1.91 bits per heavy atom. The third kappa shape index (κ3) is 7.78. The summed E-state index contributed by atoms with van der Waals surface area (Å²) < 4.78 is 53.1. The Bertz CT molecular complexity index is 1160. The van der Waals surface area contributed by atoms with Crippen LogP contribution in [0.15, 0.2) is 47.4 Å². The minimum Gasteiger partial charge on any atom is -0.492 e. The molecule has 2 unspecified atom stereocenters. The smallest absolute Gasteiger partial charge is 0.265 e. The number of sulfonamides is 1. The summed E-state index contributed by atoms with van der Waals surface area (Å²) in [6.45, 7) is 4.92. The number of amides is 1. The zero-order chi connectivity index (χ0) is 25.9. The summed E-state index contributed by atoms with van der Waals surface area (Å²) in [7, 11) is -2.17. The van der Waals surface area contributed by atoms with Crippen molar-refractivity contribution in [3.8, 4) is 11.5 Å². The molecular weight excluding hydrogens is 494 g/mol. The number of rotatable bonds is 9. The highest BCUT2D eigenvalue weighted by molar-refractivity contribution is 7.92. The van der Waals surface area contributed by atoms with Crippen LogP contribution in [0.4, 0.5) is 15.8 Å². The predicted molar refractivity (Wildman–Crippen MR) is 136 cm³/mol. The van der Waals surface area contributed by atoms with E-state index in [1.54, 1.807) is 13.8 Å². The lowest BCUT2D eigenvalue weighted by Gasteiger charge is -2.32. The lowest BCUT2D eigenvalue weighted by molar-refractivity contribution is -0.122. The van der Waals surface area contributed by atoms with Gasteiger partial charge in [0.25, 0.3) is 15.6 Å². The zero-order valence-electron chi connectivity index (χ0n) is 20.0. The lowest BCUT2D eigenvalue weighted by atomic mass is 9.79. The van der Waals surface area contributed by atoms with Gasteiger partial charge in [-0.15, -0.1) is 0 Å². The number of benzene rings is 2. The Balaban J connectivity index is 1.78. The largest absolute Gasteiger partial charge is 0.492 e. The Morgan fingerprint density at radius 1 is 1.23 bits per heavy atom. The second kappa shape index (κ2) is 10.7. The van der Waals surface area contributed by atoms with Gasteiger partial charge in [0.15, 0.2) is 0 Å². The van der Waals surface area contributed by atoms with Crippen LogP contribution in [-0.2, 0) is 14.8 Å². The van der Waals surface area contributed by atoms with Crippen molar-refractivity contribution in [1.29, 1.82) is 0 Å². The normalized spacial score (nSPS) is 22.1. The first-order chi connectivity index (χ1) is 16.3. The molecule has 11 heteroatoms. The minimum absolute atomic E-state index is 0.0815. The summed E-state index contributed by atoms with van der Waals surface area (Å²) in [6, 6.07) is 10.3. The van der Waals surface area contributed by atoms with Crippen LogP contribution < -0.4 is 19.5 Å². The van der Waals surface area contributed by atoms with Gasteiger partial charge >= 0.3 is 0 Å². The topological polar surface area (TPSA) is 114 Å². The Morgan fingerprint density at radius 3 is 2.54 bits per heavy atom. The molecule has 0 spiro atoms. The maximum atomic E-state index is 13.8. The van der Waals surface area contributed by atoms with Crippen LogP contribution >= 0.6 is 9.24 Å². The average molecular weight is 527 g/mol. The summed E-state index contributed by atoms with van der Waals surface area (Å²) >= 11 is 0. The predicted octanol–water partition coefficient (Wildman–Crippen LogP) is 4.66. The molecule has 35 heavy (non-hydrogen) atoms. The van der Waals surface area contributed by atoms with Crippen molar-refractivity contribution in [2.45, 2.75) is 62.5 Å². The molecule has 0 bridgehead atoms. The van der Waals surface area contributed by atoms with E-state index in [0.29, 0.717) is 31.4 Å². The number of carbonyl (C=O) groups excluding carboxylic acids is 1. The summed E-state index contributed by atoms with van der Waals surface area (Å²) in [5.41, 5.74) is -2.15. The van der Waals surface area contributed by atoms with Gasteiger partial charge in [-0.25, -0.2) is 8.42 Å². The van der Waals surface area contributed by atoms with Crippen LogP contribution in [0, 0.1) is 5.92 Å². The van der Waals surface area contributed by atoms with Gasteiger partial charge in [-0.2, -0.15) is 4.39 Å². The molecule has 3 N–H and O–H groups in total. The molecule has 0 aliphatic heterocycles. The van der Waals surface area contributed by atoms with Crippen molar-refractivity contribution in [1.82, 2.24) is 0 Å².